The van der Waals surface area contributed by atoms with Gasteiger partial charge in [0.2, 0.25) is 41.4 Å². The monoisotopic (exact) mass is 679 g/mol. The Labute approximate surface area is 282 Å². The van der Waals surface area contributed by atoms with E-state index in [-0.39, 0.29) is 44.3 Å². The SMILES string of the molecule is C=CC(=O)N[C@@H](C)C(=O)N1CCC[C@H]1C(=O)NCC(=O)N[C@@H](CCC(C)C)C(=O)NCOCCOCC(=O)NCCCNC(=O)C(=C)C. The second kappa shape index (κ2) is 23.1. The summed E-state index contributed by atoms with van der Waals surface area (Å²) < 4.78 is 10.6. The molecule has 0 aromatic heterocycles. The van der Waals surface area contributed by atoms with Crippen molar-refractivity contribution in [1.29, 1.82) is 0 Å². The van der Waals surface area contributed by atoms with E-state index >= 15 is 0 Å². The lowest BCUT2D eigenvalue weighted by Gasteiger charge is -2.27. The Kier molecular flexibility index (Phi) is 20.1. The van der Waals surface area contributed by atoms with E-state index in [1.54, 1.807) is 6.92 Å². The third-order valence-electron chi connectivity index (χ3n) is 7.16. The molecule has 0 aromatic carbocycles. The van der Waals surface area contributed by atoms with Crippen LogP contribution in [-0.4, -0.2) is 117 Å². The summed E-state index contributed by atoms with van der Waals surface area (Å²) in [7, 11) is 0. The van der Waals surface area contributed by atoms with E-state index in [0.717, 1.165) is 6.08 Å². The summed E-state index contributed by atoms with van der Waals surface area (Å²) in [6.07, 6.45) is 3.64. The van der Waals surface area contributed by atoms with Gasteiger partial charge in [-0.2, -0.15) is 0 Å². The van der Waals surface area contributed by atoms with Crippen LogP contribution in [0.3, 0.4) is 0 Å². The molecule has 6 N–H and O–H groups in total. The van der Waals surface area contributed by atoms with E-state index < -0.39 is 54.2 Å². The third-order valence-corrected chi connectivity index (χ3v) is 7.16. The molecule has 7 amide bonds. The summed E-state index contributed by atoms with van der Waals surface area (Å²) in [6.45, 7) is 14.7. The van der Waals surface area contributed by atoms with E-state index in [1.807, 2.05) is 13.8 Å². The number of carbonyl (C=O) groups excluding carboxylic acids is 7. The average molecular weight is 680 g/mol. The average Bonchev–Trinajstić information content (AvgIpc) is 3.54. The Morgan fingerprint density at radius 1 is 0.896 bits per heavy atom. The summed E-state index contributed by atoms with van der Waals surface area (Å²) >= 11 is 0. The molecule has 0 bridgehead atoms. The molecule has 1 saturated heterocycles. The maximum atomic E-state index is 12.9. The van der Waals surface area contributed by atoms with E-state index in [4.69, 9.17) is 9.47 Å². The standard InChI is InChI=1S/C32H53N7O9/c1-7-26(40)37-23(6)32(46)39-15-8-10-25(39)31(45)35-18-27(41)38-24(12-11-21(2)3)30(44)36-20-48-17-16-47-19-28(42)33-13-9-14-34-29(43)22(4)5/h7,21,23-25H,1,4,8-20H2,2-3,5-6H3,(H,33,42)(H,34,43)(H,35,45)(H,36,44)(H,37,40)(H,38,41)/t23-,24-,25-/m0/s1. The second-order valence-corrected chi connectivity index (χ2v) is 11.8. The summed E-state index contributed by atoms with van der Waals surface area (Å²) in [5.74, 6) is -2.72. The summed E-state index contributed by atoms with van der Waals surface area (Å²) in [6, 6.07) is -2.49. The van der Waals surface area contributed by atoms with Crippen LogP contribution in [0.2, 0.25) is 0 Å². The van der Waals surface area contributed by atoms with Crippen molar-refractivity contribution in [1.82, 2.24) is 36.8 Å². The van der Waals surface area contributed by atoms with Crippen LogP contribution in [0.25, 0.3) is 0 Å². The highest BCUT2D eigenvalue weighted by Gasteiger charge is 2.36. The molecule has 48 heavy (non-hydrogen) atoms. The van der Waals surface area contributed by atoms with E-state index in [0.29, 0.717) is 57.3 Å². The number of likely N-dealkylation sites (tertiary alicyclic amines) is 1. The van der Waals surface area contributed by atoms with Crippen molar-refractivity contribution in [3.63, 3.8) is 0 Å². The Balaban J connectivity index is 2.40. The molecule has 1 heterocycles. The molecule has 0 saturated carbocycles. The second-order valence-electron chi connectivity index (χ2n) is 11.8. The lowest BCUT2D eigenvalue weighted by Crippen LogP contribution is -2.54. The first kappa shape index (κ1) is 41.7. The summed E-state index contributed by atoms with van der Waals surface area (Å²) in [5, 5.41) is 15.6. The van der Waals surface area contributed by atoms with E-state index in [2.05, 4.69) is 45.1 Å². The number of rotatable bonds is 23. The van der Waals surface area contributed by atoms with Crippen molar-refractivity contribution >= 4 is 41.4 Å². The molecule has 1 rings (SSSR count). The minimum atomic E-state index is -0.867. The zero-order valence-electron chi connectivity index (χ0n) is 28.6. The number of hydrogen-bond donors (Lipinski definition) is 6. The molecule has 16 nitrogen and oxygen atoms in total. The summed E-state index contributed by atoms with van der Waals surface area (Å²) in [5.41, 5.74) is 0.415. The van der Waals surface area contributed by atoms with Crippen LogP contribution in [0.1, 0.15) is 59.8 Å². The zero-order valence-corrected chi connectivity index (χ0v) is 28.6. The quantitative estimate of drug-likeness (QED) is 0.0444. The molecule has 0 radical (unpaired) electrons. The minimum absolute atomic E-state index is 0.107. The molecule has 1 aliphatic rings. The fourth-order valence-electron chi connectivity index (χ4n) is 4.51. The number of amides is 7. The molecule has 0 aromatic rings. The first-order valence-electron chi connectivity index (χ1n) is 16.2. The molecule has 0 aliphatic carbocycles. The van der Waals surface area contributed by atoms with Crippen molar-refractivity contribution in [2.75, 3.05) is 52.7 Å². The molecule has 16 heteroatoms. The van der Waals surface area contributed by atoms with E-state index in [9.17, 15) is 33.6 Å². The highest BCUT2D eigenvalue weighted by Crippen LogP contribution is 2.18. The molecule has 0 spiro atoms. The minimum Gasteiger partial charge on any atom is -0.369 e. The number of carbonyl (C=O) groups is 7. The van der Waals surface area contributed by atoms with Gasteiger partial charge in [0.15, 0.2) is 0 Å². The van der Waals surface area contributed by atoms with Gasteiger partial charge in [-0.1, -0.05) is 27.0 Å². The Bertz CT molecular complexity index is 1140. The van der Waals surface area contributed by atoms with Gasteiger partial charge in [0, 0.05) is 25.2 Å². The van der Waals surface area contributed by atoms with Crippen LogP contribution >= 0.6 is 0 Å². The highest BCUT2D eigenvalue weighted by atomic mass is 16.5. The molecule has 0 unspecified atom stereocenters. The van der Waals surface area contributed by atoms with E-state index in [1.165, 1.54) is 11.8 Å². The molecule has 1 aliphatic heterocycles. The predicted molar refractivity (Wildman–Crippen MR) is 177 cm³/mol. The van der Waals surface area contributed by atoms with Gasteiger partial charge in [-0.15, -0.1) is 0 Å². The largest absolute Gasteiger partial charge is 0.369 e. The number of nitrogens with zero attached hydrogens (tertiary/aromatic N) is 1. The third kappa shape index (κ3) is 17.0. The first-order chi connectivity index (χ1) is 22.8. The van der Waals surface area contributed by atoms with Crippen molar-refractivity contribution < 1.29 is 43.0 Å². The molecular formula is C32H53N7O9. The van der Waals surface area contributed by atoms with Gasteiger partial charge in [-0.25, -0.2) is 0 Å². The van der Waals surface area contributed by atoms with Crippen molar-refractivity contribution in [2.24, 2.45) is 5.92 Å². The smallest absolute Gasteiger partial charge is 0.246 e. The van der Waals surface area contributed by atoms with Crippen LogP contribution < -0.4 is 31.9 Å². The normalized spacial score (nSPS) is 15.1. The van der Waals surface area contributed by atoms with Crippen molar-refractivity contribution in [3.05, 3.63) is 24.8 Å². The number of nitrogens with one attached hydrogen (secondary N) is 6. The highest BCUT2D eigenvalue weighted by molar-refractivity contribution is 5.96. The molecular weight excluding hydrogens is 626 g/mol. The molecule has 3 atom stereocenters. The van der Waals surface area contributed by atoms with Gasteiger partial charge in [-0.3, -0.25) is 33.6 Å². The number of hydrogen-bond acceptors (Lipinski definition) is 9. The van der Waals surface area contributed by atoms with Crippen LogP contribution in [-0.2, 0) is 43.0 Å². The number of ether oxygens (including phenoxy) is 2. The topological polar surface area (TPSA) is 213 Å². The van der Waals surface area contributed by atoms with Crippen molar-refractivity contribution in [2.45, 2.75) is 77.9 Å². The van der Waals surface area contributed by atoms with Crippen molar-refractivity contribution in [3.8, 4) is 0 Å². The van der Waals surface area contributed by atoms with Crippen LogP contribution in [0.15, 0.2) is 24.8 Å². The van der Waals surface area contributed by atoms with Gasteiger partial charge in [0.05, 0.1) is 19.8 Å². The Hall–Kier alpha value is -4.31. The molecule has 1 fully saturated rings. The lowest BCUT2D eigenvalue weighted by molar-refractivity contribution is -0.141. The van der Waals surface area contributed by atoms with Gasteiger partial charge >= 0.3 is 0 Å². The zero-order chi connectivity index (χ0) is 36.1. The van der Waals surface area contributed by atoms with Gasteiger partial charge in [0.25, 0.3) is 0 Å². The molecule has 270 valence electrons. The predicted octanol–water partition coefficient (Wildman–Crippen LogP) is -0.989. The fraction of sp³-hybridized carbons (Fsp3) is 0.656. The van der Waals surface area contributed by atoms with Crippen LogP contribution in [0.4, 0.5) is 0 Å². The first-order valence-corrected chi connectivity index (χ1v) is 16.2. The Morgan fingerprint density at radius 2 is 1.58 bits per heavy atom. The lowest BCUT2D eigenvalue weighted by atomic mass is 10.0. The van der Waals surface area contributed by atoms with Crippen LogP contribution in [0.5, 0.6) is 0 Å². The maximum absolute atomic E-state index is 12.9. The summed E-state index contributed by atoms with van der Waals surface area (Å²) in [4.78, 5) is 87.4. The Morgan fingerprint density at radius 3 is 2.25 bits per heavy atom. The van der Waals surface area contributed by atoms with Gasteiger partial charge in [-0.05, 0) is 57.9 Å². The van der Waals surface area contributed by atoms with Gasteiger partial charge < -0.3 is 46.3 Å². The fourth-order valence-corrected chi connectivity index (χ4v) is 4.51. The van der Waals surface area contributed by atoms with Gasteiger partial charge in [0.1, 0.15) is 31.5 Å². The van der Waals surface area contributed by atoms with Crippen LogP contribution in [0, 0.1) is 5.92 Å². The maximum Gasteiger partial charge on any atom is 0.246 e.